The Bertz CT molecular complexity index is 1260. The predicted molar refractivity (Wildman–Crippen MR) is 124 cm³/mol. The second-order valence-corrected chi connectivity index (χ2v) is 8.58. The maximum atomic E-state index is 15.4. The Hall–Kier alpha value is -3.66. The topological polar surface area (TPSA) is 80.5 Å². The predicted octanol–water partition coefficient (Wildman–Crippen LogP) is 4.74. The highest BCUT2D eigenvalue weighted by atomic mass is 19.1. The average Bonchev–Trinajstić information content (AvgIpc) is 2.81. The van der Waals surface area contributed by atoms with E-state index in [4.69, 9.17) is 10.5 Å². The highest BCUT2D eigenvalue weighted by Gasteiger charge is 2.28. The molecule has 1 aliphatic rings. The molecule has 3 aromatic rings. The maximum absolute atomic E-state index is 15.4. The minimum absolute atomic E-state index is 0.0553. The number of benzene rings is 2. The van der Waals surface area contributed by atoms with Crippen molar-refractivity contribution < 1.29 is 27.1 Å². The van der Waals surface area contributed by atoms with E-state index < -0.39 is 51.6 Å². The lowest BCUT2D eigenvalue weighted by atomic mass is 9.96. The smallest absolute Gasteiger partial charge is 0.258 e. The van der Waals surface area contributed by atoms with E-state index in [-0.39, 0.29) is 6.04 Å². The van der Waals surface area contributed by atoms with Gasteiger partial charge in [-0.25, -0.2) is 17.6 Å². The number of pyridine rings is 1. The van der Waals surface area contributed by atoms with Crippen LogP contribution in [-0.4, -0.2) is 37.1 Å². The Morgan fingerprint density at radius 3 is 2.43 bits per heavy atom. The van der Waals surface area contributed by atoms with Gasteiger partial charge in [0.15, 0.2) is 11.6 Å². The van der Waals surface area contributed by atoms with E-state index in [9.17, 15) is 18.0 Å². The van der Waals surface area contributed by atoms with Crippen LogP contribution in [0.15, 0.2) is 42.7 Å². The number of hydrogen-bond acceptors (Lipinski definition) is 5. The molecule has 2 atom stereocenters. The zero-order valence-electron chi connectivity index (χ0n) is 19.1. The number of hydrogen-bond donors (Lipinski definition) is 2. The summed E-state index contributed by atoms with van der Waals surface area (Å²) in [7, 11) is 1.14. The molecule has 2 aromatic carbocycles. The van der Waals surface area contributed by atoms with Crippen LogP contribution in [0.2, 0.25) is 0 Å². The van der Waals surface area contributed by atoms with Crippen molar-refractivity contribution in [1.29, 1.82) is 0 Å². The van der Waals surface area contributed by atoms with Crippen LogP contribution < -0.4 is 20.7 Å². The van der Waals surface area contributed by atoms with Crippen LogP contribution in [0.4, 0.5) is 28.9 Å². The number of nitrogens with zero attached hydrogens (tertiary/aromatic N) is 2. The summed E-state index contributed by atoms with van der Waals surface area (Å²) in [6, 6.07) is 5.16. The van der Waals surface area contributed by atoms with Gasteiger partial charge in [0.05, 0.1) is 41.4 Å². The van der Waals surface area contributed by atoms with E-state index in [1.165, 1.54) is 6.20 Å². The molecule has 2 heterocycles. The lowest BCUT2D eigenvalue weighted by Gasteiger charge is -2.37. The van der Waals surface area contributed by atoms with E-state index >= 15 is 4.39 Å². The Kier molecular flexibility index (Phi) is 6.93. The van der Waals surface area contributed by atoms with E-state index in [1.807, 2.05) is 4.90 Å². The van der Waals surface area contributed by atoms with Crippen molar-refractivity contribution in [3.63, 3.8) is 0 Å². The summed E-state index contributed by atoms with van der Waals surface area (Å²) in [5, 5.41) is 2.59. The molecule has 1 aromatic heterocycles. The molecule has 0 saturated carbocycles. The summed E-state index contributed by atoms with van der Waals surface area (Å²) < 4.78 is 64.0. The van der Waals surface area contributed by atoms with Crippen molar-refractivity contribution in [2.24, 2.45) is 11.7 Å². The first-order chi connectivity index (χ1) is 16.7. The quantitative estimate of drug-likeness (QED) is 0.507. The molecule has 1 aliphatic heterocycles. The minimum atomic E-state index is -1.41. The van der Waals surface area contributed by atoms with Gasteiger partial charge in [-0.15, -0.1) is 0 Å². The van der Waals surface area contributed by atoms with Gasteiger partial charge >= 0.3 is 0 Å². The number of anilines is 2. The summed E-state index contributed by atoms with van der Waals surface area (Å²) in [6.07, 6.45) is 3.83. The van der Waals surface area contributed by atoms with Crippen molar-refractivity contribution in [3.05, 3.63) is 71.6 Å². The fraction of sp³-hybridized carbons (Fsp3) is 0.280. The highest BCUT2D eigenvalue weighted by molar-refractivity contribution is 6.06. The van der Waals surface area contributed by atoms with Crippen LogP contribution in [0.25, 0.3) is 11.1 Å². The molecule has 0 unspecified atom stereocenters. The van der Waals surface area contributed by atoms with Crippen molar-refractivity contribution in [2.45, 2.75) is 19.4 Å². The number of methoxy groups -OCH3 is 1. The van der Waals surface area contributed by atoms with Gasteiger partial charge in [-0.3, -0.25) is 9.78 Å². The summed E-state index contributed by atoms with van der Waals surface area (Å²) in [6.45, 7) is 3.32. The number of carbonyl (C=O) groups excluding carboxylic acids is 1. The molecule has 184 valence electrons. The van der Waals surface area contributed by atoms with Gasteiger partial charge in [0.1, 0.15) is 17.5 Å². The fourth-order valence-corrected chi connectivity index (χ4v) is 4.42. The monoisotopic (exact) mass is 488 g/mol. The molecule has 0 spiro atoms. The lowest BCUT2D eigenvalue weighted by molar-refractivity contribution is 0.102. The third kappa shape index (κ3) is 4.79. The molecule has 6 nitrogen and oxygen atoms in total. The zero-order valence-corrected chi connectivity index (χ0v) is 19.1. The summed E-state index contributed by atoms with van der Waals surface area (Å²) in [5.41, 5.74) is 4.52. The zero-order chi connectivity index (χ0) is 25.3. The molecule has 1 fully saturated rings. The SMILES string of the molecule is COc1ccc(F)c(-c2c(F)ccc(C(=O)Nc3cnccc3N3C[C@H](C)C[C@H](N)C3)c2F)c1F. The summed E-state index contributed by atoms with van der Waals surface area (Å²) in [4.78, 5) is 19.1. The third-order valence-electron chi connectivity index (χ3n) is 5.94. The lowest BCUT2D eigenvalue weighted by Crippen LogP contribution is -2.46. The Morgan fingerprint density at radius 2 is 1.74 bits per heavy atom. The molecule has 0 bridgehead atoms. The first-order valence-electron chi connectivity index (χ1n) is 11.0. The number of amides is 1. The first kappa shape index (κ1) is 24.5. The van der Waals surface area contributed by atoms with Gasteiger partial charge in [-0.2, -0.15) is 0 Å². The number of nitrogens with two attached hydrogens (primary N) is 1. The van der Waals surface area contributed by atoms with Crippen LogP contribution in [0.3, 0.4) is 0 Å². The van der Waals surface area contributed by atoms with Gasteiger partial charge in [0.2, 0.25) is 0 Å². The van der Waals surface area contributed by atoms with Crippen LogP contribution >= 0.6 is 0 Å². The van der Waals surface area contributed by atoms with E-state index in [1.54, 1.807) is 12.3 Å². The Balaban J connectivity index is 1.71. The minimum Gasteiger partial charge on any atom is -0.494 e. The maximum Gasteiger partial charge on any atom is 0.258 e. The molecule has 0 aliphatic carbocycles. The second-order valence-electron chi connectivity index (χ2n) is 8.58. The van der Waals surface area contributed by atoms with Crippen molar-refractivity contribution in [2.75, 3.05) is 30.4 Å². The number of piperidine rings is 1. The van der Waals surface area contributed by atoms with Crippen LogP contribution in [-0.2, 0) is 0 Å². The molecule has 35 heavy (non-hydrogen) atoms. The number of ether oxygens (including phenoxy) is 1. The summed E-state index contributed by atoms with van der Waals surface area (Å²) >= 11 is 0. The Morgan fingerprint density at radius 1 is 1.06 bits per heavy atom. The second kappa shape index (κ2) is 9.91. The number of aromatic nitrogens is 1. The van der Waals surface area contributed by atoms with Crippen LogP contribution in [0.5, 0.6) is 5.75 Å². The molecule has 3 N–H and O–H groups in total. The standard InChI is InChI=1S/C25H24F4N4O2/c1-13-9-14(30)12-33(11-13)19-7-8-31-10-18(19)32-25(34)15-3-4-16(26)21(23(15)28)22-17(27)5-6-20(35-2)24(22)29/h3-8,10,13-14H,9,11-12,30H2,1-2H3,(H,32,34)/t13-,14+/m1/s1. The summed E-state index contributed by atoms with van der Waals surface area (Å²) in [5.74, 6) is -6.15. The highest BCUT2D eigenvalue weighted by Crippen LogP contribution is 2.36. The molecule has 0 radical (unpaired) electrons. The van der Waals surface area contributed by atoms with Gasteiger partial charge in [0.25, 0.3) is 5.91 Å². The molecule has 10 heteroatoms. The van der Waals surface area contributed by atoms with E-state index in [0.717, 1.165) is 37.8 Å². The average molecular weight is 488 g/mol. The van der Waals surface area contributed by atoms with E-state index in [2.05, 4.69) is 17.2 Å². The first-order valence-corrected chi connectivity index (χ1v) is 11.0. The van der Waals surface area contributed by atoms with Crippen molar-refractivity contribution >= 4 is 17.3 Å². The van der Waals surface area contributed by atoms with Crippen molar-refractivity contribution in [3.8, 4) is 16.9 Å². The third-order valence-corrected chi connectivity index (χ3v) is 5.94. The number of nitrogens with one attached hydrogen (secondary N) is 1. The van der Waals surface area contributed by atoms with Gasteiger partial charge in [0, 0.05) is 25.3 Å². The van der Waals surface area contributed by atoms with Crippen LogP contribution in [0, 0.1) is 29.2 Å². The number of rotatable bonds is 5. The molecule has 1 saturated heterocycles. The largest absolute Gasteiger partial charge is 0.494 e. The molecular formula is C25H24F4N4O2. The van der Waals surface area contributed by atoms with Crippen LogP contribution in [0.1, 0.15) is 23.7 Å². The fourth-order valence-electron chi connectivity index (χ4n) is 4.42. The molecule has 1 amide bonds. The van der Waals surface area contributed by atoms with E-state index in [0.29, 0.717) is 30.4 Å². The number of halogens is 4. The number of carbonyl (C=O) groups is 1. The molecular weight excluding hydrogens is 464 g/mol. The Labute approximate surface area is 199 Å². The van der Waals surface area contributed by atoms with Gasteiger partial charge in [-0.1, -0.05) is 6.92 Å². The van der Waals surface area contributed by atoms with Gasteiger partial charge < -0.3 is 20.7 Å². The van der Waals surface area contributed by atoms with Crippen molar-refractivity contribution in [1.82, 2.24) is 4.98 Å². The molecule has 4 rings (SSSR count). The van der Waals surface area contributed by atoms with Gasteiger partial charge in [-0.05, 0) is 42.7 Å². The normalized spacial score (nSPS) is 17.9.